The first-order valence-corrected chi connectivity index (χ1v) is 11.3. The number of ether oxygens (including phenoxy) is 2. The van der Waals surface area contributed by atoms with Crippen LogP contribution < -0.4 is 4.74 Å². The Labute approximate surface area is 206 Å². The third kappa shape index (κ3) is 7.18. The Morgan fingerprint density at radius 2 is 1.82 bits per heavy atom. The van der Waals surface area contributed by atoms with Crippen LogP contribution >= 0.6 is 11.6 Å². The van der Waals surface area contributed by atoms with Gasteiger partial charge in [0.2, 0.25) is 0 Å². The third-order valence-corrected chi connectivity index (χ3v) is 7.21. The topological polar surface area (TPSA) is 110 Å². The predicted octanol–water partition coefficient (Wildman–Crippen LogP) is 3.26. The summed E-state index contributed by atoms with van der Waals surface area (Å²) in [5.41, 5.74) is -0.927. The zero-order chi connectivity index (χ0) is 24.6. The molecule has 1 aromatic rings. The van der Waals surface area contributed by atoms with Gasteiger partial charge in [0.1, 0.15) is 17.4 Å². The molecule has 1 N–H and O–H groups in total. The van der Waals surface area contributed by atoms with Gasteiger partial charge in [-0.2, -0.15) is 13.2 Å². The number of hydrogen-bond acceptors (Lipinski definition) is 6. The molecule has 182 valence electrons. The number of hydrogen-bond donors (Lipinski definition) is 1. The number of alkyl halides is 3. The number of halogens is 4. The number of benzene rings is 1. The van der Waals surface area contributed by atoms with Crippen molar-refractivity contribution in [2.24, 2.45) is 0 Å². The summed E-state index contributed by atoms with van der Waals surface area (Å²) in [6, 6.07) is 1.52. The van der Waals surface area contributed by atoms with Gasteiger partial charge < -0.3 is 14.6 Å². The van der Waals surface area contributed by atoms with Gasteiger partial charge in [-0.25, -0.2) is 18.0 Å². The van der Waals surface area contributed by atoms with E-state index in [-0.39, 0.29) is 29.6 Å². The summed E-state index contributed by atoms with van der Waals surface area (Å²) in [4.78, 5) is 24.4. The molecule has 1 amide bonds. The number of carbonyl (C=O) groups is 2. The van der Waals surface area contributed by atoms with Crippen molar-refractivity contribution in [3.63, 3.8) is 0 Å². The summed E-state index contributed by atoms with van der Waals surface area (Å²) >= 11 is 6.01. The zero-order valence-electron chi connectivity index (χ0n) is 17.6. The second-order valence-electron chi connectivity index (χ2n) is 8.28. The molecule has 0 radical (unpaired) electrons. The van der Waals surface area contributed by atoms with Crippen LogP contribution in [0.4, 0.5) is 18.0 Å². The fourth-order valence-corrected chi connectivity index (χ4v) is 5.25. The number of rotatable bonds is 5. The first kappa shape index (κ1) is 29.4. The van der Waals surface area contributed by atoms with Crippen molar-refractivity contribution >= 4 is 52.4 Å². The van der Waals surface area contributed by atoms with Gasteiger partial charge in [-0.15, -0.1) is 0 Å². The van der Waals surface area contributed by atoms with Crippen LogP contribution in [-0.4, -0.2) is 85.1 Å². The van der Waals surface area contributed by atoms with Crippen LogP contribution in [0.1, 0.15) is 34.1 Å². The van der Waals surface area contributed by atoms with Crippen LogP contribution in [0, 0.1) is 0 Å². The van der Waals surface area contributed by atoms with Crippen molar-refractivity contribution in [1.29, 1.82) is 0 Å². The first-order valence-electron chi connectivity index (χ1n) is 9.42. The van der Waals surface area contributed by atoms with Gasteiger partial charge in [-0.05, 0) is 46.2 Å². The molecule has 0 spiro atoms. The van der Waals surface area contributed by atoms with Gasteiger partial charge in [0, 0.05) is 12.6 Å². The molecule has 1 heterocycles. The zero-order valence-corrected chi connectivity index (χ0v) is 19.2. The van der Waals surface area contributed by atoms with E-state index in [2.05, 4.69) is 0 Å². The summed E-state index contributed by atoms with van der Waals surface area (Å²) in [5.74, 6) is -1.69. The van der Waals surface area contributed by atoms with E-state index in [9.17, 15) is 36.3 Å². The minimum absolute atomic E-state index is 0. The van der Waals surface area contributed by atoms with Crippen molar-refractivity contribution in [3.05, 3.63) is 23.2 Å². The van der Waals surface area contributed by atoms with E-state index in [1.165, 1.54) is 0 Å². The van der Waals surface area contributed by atoms with Crippen LogP contribution in [0.15, 0.2) is 23.1 Å². The maximum absolute atomic E-state index is 13.1. The SMILES string of the molecule is CC(Oc1ccc(S(=O)(=O)[C@@H]2C[C@@H](C(=O)O)N(C(=O)OC(C)(C)C)C2)c(Cl)c1)C(F)(F)F.[LiH]. The average molecular weight is 510 g/mol. The van der Waals surface area contributed by atoms with E-state index in [1.807, 2.05) is 0 Å². The van der Waals surface area contributed by atoms with Crippen molar-refractivity contribution < 1.29 is 45.8 Å². The fourth-order valence-electron chi connectivity index (χ4n) is 3.01. The number of likely N-dealkylation sites (tertiary alicyclic amines) is 1. The number of carboxylic acids is 1. The molecule has 33 heavy (non-hydrogen) atoms. The molecule has 1 unspecified atom stereocenters. The number of amides is 1. The number of aliphatic carboxylic acids is 1. The van der Waals surface area contributed by atoms with Gasteiger partial charge in [0.15, 0.2) is 15.9 Å². The van der Waals surface area contributed by atoms with Crippen LogP contribution in [0.3, 0.4) is 0 Å². The van der Waals surface area contributed by atoms with Crippen molar-refractivity contribution in [2.45, 2.75) is 68.2 Å². The summed E-state index contributed by atoms with van der Waals surface area (Å²) in [7, 11) is -4.24. The van der Waals surface area contributed by atoms with Crippen LogP contribution in [0.2, 0.25) is 5.02 Å². The summed E-state index contributed by atoms with van der Waals surface area (Å²) < 4.78 is 74.1. The summed E-state index contributed by atoms with van der Waals surface area (Å²) in [6.45, 7) is 5.07. The van der Waals surface area contributed by atoms with Crippen molar-refractivity contribution in [3.8, 4) is 5.75 Å². The Balaban J connectivity index is 0.00000544. The molecular weight excluding hydrogens is 486 g/mol. The van der Waals surface area contributed by atoms with E-state index < -0.39 is 68.9 Å². The molecule has 1 aliphatic heterocycles. The summed E-state index contributed by atoms with van der Waals surface area (Å²) in [5, 5.41) is 7.75. The van der Waals surface area contributed by atoms with E-state index in [0.717, 1.165) is 30.0 Å². The van der Waals surface area contributed by atoms with Crippen molar-refractivity contribution in [2.75, 3.05) is 6.54 Å². The molecule has 1 saturated heterocycles. The molecule has 1 fully saturated rings. The molecule has 0 saturated carbocycles. The van der Waals surface area contributed by atoms with E-state index in [0.29, 0.717) is 0 Å². The normalized spacial score (nSPS) is 20.1. The minimum atomic E-state index is -4.63. The van der Waals surface area contributed by atoms with Crippen LogP contribution in [-0.2, 0) is 19.4 Å². The maximum atomic E-state index is 13.1. The van der Waals surface area contributed by atoms with Gasteiger partial charge in [0.05, 0.1) is 15.2 Å². The second kappa shape index (κ2) is 10.3. The molecule has 0 aliphatic carbocycles. The van der Waals surface area contributed by atoms with Gasteiger partial charge >= 0.3 is 37.1 Å². The Bertz CT molecular complexity index is 998. The summed E-state index contributed by atoms with van der Waals surface area (Å²) in [6.07, 6.45) is -8.15. The molecule has 14 heteroatoms. The molecule has 3 atom stereocenters. The average Bonchev–Trinajstić information content (AvgIpc) is 3.06. The Morgan fingerprint density at radius 3 is 2.27 bits per heavy atom. The molecule has 0 aromatic heterocycles. The molecule has 1 aromatic carbocycles. The Hall–Kier alpha value is -1.61. The molecular formula is C19H24ClF3LiNO7S. The second-order valence-corrected chi connectivity index (χ2v) is 10.9. The number of nitrogens with zero attached hydrogens (tertiary/aromatic N) is 1. The van der Waals surface area contributed by atoms with E-state index in [1.54, 1.807) is 20.8 Å². The van der Waals surface area contributed by atoms with Gasteiger partial charge in [-0.3, -0.25) is 4.90 Å². The van der Waals surface area contributed by atoms with Crippen molar-refractivity contribution in [1.82, 2.24) is 4.90 Å². The number of sulfone groups is 1. The molecule has 8 nitrogen and oxygen atoms in total. The molecule has 1 aliphatic rings. The Kier molecular flexibility index (Phi) is 9.21. The first-order chi connectivity index (χ1) is 14.4. The van der Waals surface area contributed by atoms with Crippen LogP contribution in [0.5, 0.6) is 5.75 Å². The molecule has 0 bridgehead atoms. The van der Waals surface area contributed by atoms with E-state index >= 15 is 0 Å². The Morgan fingerprint density at radius 1 is 1.24 bits per heavy atom. The van der Waals surface area contributed by atoms with Crippen LogP contribution in [0.25, 0.3) is 0 Å². The molecule has 2 rings (SSSR count). The number of carbonyl (C=O) groups excluding carboxylic acids is 1. The third-order valence-electron chi connectivity index (χ3n) is 4.60. The standard InChI is InChI=1S/C19H23ClF3NO7S.Li.H/c1-10(19(21,22)23)30-11-5-6-15(13(20)7-11)32(28,29)12-8-14(16(25)26)24(9-12)17(27)31-18(2,3)4;;/h5-7,10,12,14H,8-9H2,1-4H3,(H,25,26);;/t10?,12-,14+;;/m1../s1. The monoisotopic (exact) mass is 509 g/mol. The fraction of sp³-hybridized carbons (Fsp3) is 0.579. The number of carboxylic acid groups (broad SMARTS) is 1. The predicted molar refractivity (Wildman–Crippen MR) is 115 cm³/mol. The quantitative estimate of drug-likeness (QED) is 0.607. The van der Waals surface area contributed by atoms with Gasteiger partial charge in [0.25, 0.3) is 0 Å². The van der Waals surface area contributed by atoms with Gasteiger partial charge in [-0.1, -0.05) is 11.6 Å². The van der Waals surface area contributed by atoms with E-state index in [4.69, 9.17) is 21.1 Å².